The van der Waals surface area contributed by atoms with E-state index in [1.54, 1.807) is 0 Å². The molecule has 0 radical (unpaired) electrons. The van der Waals surface area contributed by atoms with Crippen molar-refractivity contribution in [1.82, 2.24) is 15.0 Å². The molecule has 0 spiro atoms. The molecule has 2 aromatic rings. The highest BCUT2D eigenvalue weighted by molar-refractivity contribution is 6.28. The predicted octanol–water partition coefficient (Wildman–Crippen LogP) is 3.72. The van der Waals surface area contributed by atoms with Gasteiger partial charge >= 0.3 is 12.0 Å². The number of halogens is 1. The van der Waals surface area contributed by atoms with Crippen molar-refractivity contribution in [3.63, 3.8) is 0 Å². The van der Waals surface area contributed by atoms with E-state index in [0.29, 0.717) is 5.75 Å². The quantitative estimate of drug-likeness (QED) is 0.860. The van der Waals surface area contributed by atoms with Crippen molar-refractivity contribution in [1.29, 1.82) is 0 Å². The predicted molar refractivity (Wildman–Crippen MR) is 76.6 cm³/mol. The summed E-state index contributed by atoms with van der Waals surface area (Å²) in [5.41, 5.74) is 2.32. The van der Waals surface area contributed by atoms with E-state index >= 15 is 0 Å². The molecule has 20 heavy (non-hydrogen) atoms. The largest absolute Gasteiger partial charge is 0.461 e. The highest BCUT2D eigenvalue weighted by Gasteiger charge is 2.10. The highest BCUT2D eigenvalue weighted by Crippen LogP contribution is 2.23. The van der Waals surface area contributed by atoms with Crippen LogP contribution in [-0.2, 0) is 0 Å². The zero-order chi connectivity index (χ0) is 14.7. The zero-order valence-corrected chi connectivity index (χ0v) is 12.6. The van der Waals surface area contributed by atoms with E-state index in [0.717, 1.165) is 5.56 Å². The standard InChI is InChI=1S/C14H16ClN3O2/c1-8(2)19-13-16-12(15)17-14(18-13)20-11-6-5-9(3)10(4)7-11/h5-8H,1-4H3. The third-order valence-corrected chi connectivity index (χ3v) is 2.76. The summed E-state index contributed by atoms with van der Waals surface area (Å²) < 4.78 is 11.0. The Morgan fingerprint density at radius 3 is 2.35 bits per heavy atom. The number of aryl methyl sites for hydroxylation is 2. The van der Waals surface area contributed by atoms with Crippen LogP contribution in [0.5, 0.6) is 17.8 Å². The first-order valence-corrected chi connectivity index (χ1v) is 6.65. The molecule has 0 atom stereocenters. The van der Waals surface area contributed by atoms with Gasteiger partial charge in [0.25, 0.3) is 0 Å². The summed E-state index contributed by atoms with van der Waals surface area (Å²) in [6.45, 7) is 7.80. The fourth-order valence-electron chi connectivity index (χ4n) is 1.51. The van der Waals surface area contributed by atoms with Gasteiger partial charge in [-0.1, -0.05) is 6.07 Å². The summed E-state index contributed by atoms with van der Waals surface area (Å²) in [6, 6.07) is 6.00. The number of benzene rings is 1. The third-order valence-electron chi connectivity index (χ3n) is 2.60. The topological polar surface area (TPSA) is 57.1 Å². The van der Waals surface area contributed by atoms with Crippen LogP contribution >= 0.6 is 11.6 Å². The van der Waals surface area contributed by atoms with Crippen molar-refractivity contribution < 1.29 is 9.47 Å². The highest BCUT2D eigenvalue weighted by atomic mass is 35.5. The first-order valence-electron chi connectivity index (χ1n) is 6.27. The molecule has 0 saturated heterocycles. The summed E-state index contributed by atoms with van der Waals surface area (Å²) in [4.78, 5) is 11.9. The minimum atomic E-state index is -0.0528. The Kier molecular flexibility index (Phi) is 4.39. The molecule has 0 fully saturated rings. The van der Waals surface area contributed by atoms with Gasteiger partial charge in [-0.05, 0) is 62.6 Å². The summed E-state index contributed by atoms with van der Waals surface area (Å²) in [5.74, 6) is 0.644. The van der Waals surface area contributed by atoms with E-state index in [1.807, 2.05) is 45.9 Å². The SMILES string of the molecule is Cc1ccc(Oc2nc(Cl)nc(OC(C)C)n2)cc1C. The lowest BCUT2D eigenvalue weighted by atomic mass is 10.1. The van der Waals surface area contributed by atoms with Gasteiger partial charge in [0.15, 0.2) is 0 Å². The van der Waals surface area contributed by atoms with Gasteiger partial charge in [0.05, 0.1) is 6.10 Å². The lowest BCUT2D eigenvalue weighted by molar-refractivity contribution is 0.218. The molecule has 0 saturated carbocycles. The summed E-state index contributed by atoms with van der Waals surface area (Å²) in [6.07, 6.45) is -0.0528. The number of ether oxygens (including phenoxy) is 2. The van der Waals surface area contributed by atoms with Crippen molar-refractivity contribution in [2.45, 2.75) is 33.8 Å². The minimum Gasteiger partial charge on any atom is -0.461 e. The summed E-state index contributed by atoms with van der Waals surface area (Å²) in [5, 5.41) is 0.0366. The van der Waals surface area contributed by atoms with Crippen molar-refractivity contribution >= 4 is 11.6 Å². The molecule has 0 unspecified atom stereocenters. The van der Waals surface area contributed by atoms with Crippen LogP contribution in [0.25, 0.3) is 0 Å². The molecule has 106 valence electrons. The van der Waals surface area contributed by atoms with E-state index in [2.05, 4.69) is 15.0 Å². The molecule has 5 nitrogen and oxygen atoms in total. The van der Waals surface area contributed by atoms with Crippen LogP contribution in [-0.4, -0.2) is 21.1 Å². The fourth-order valence-corrected chi connectivity index (χ4v) is 1.65. The molecule has 1 heterocycles. The Hall–Kier alpha value is -1.88. The number of aromatic nitrogens is 3. The van der Waals surface area contributed by atoms with Gasteiger partial charge in [-0.2, -0.15) is 9.97 Å². The van der Waals surface area contributed by atoms with Crippen LogP contribution in [0.15, 0.2) is 18.2 Å². The van der Waals surface area contributed by atoms with Crippen LogP contribution in [0.1, 0.15) is 25.0 Å². The molecule has 6 heteroatoms. The molecule has 2 rings (SSSR count). The molecule has 0 amide bonds. The Balaban J connectivity index is 2.24. The Labute approximate surface area is 123 Å². The van der Waals surface area contributed by atoms with E-state index < -0.39 is 0 Å². The summed E-state index contributed by atoms with van der Waals surface area (Å²) >= 11 is 5.83. The number of hydrogen-bond acceptors (Lipinski definition) is 5. The van der Waals surface area contributed by atoms with Crippen LogP contribution < -0.4 is 9.47 Å². The molecule has 1 aromatic carbocycles. The van der Waals surface area contributed by atoms with E-state index in [9.17, 15) is 0 Å². The molecule has 1 aromatic heterocycles. The average Bonchev–Trinajstić information content (AvgIpc) is 2.32. The average molecular weight is 294 g/mol. The first-order chi connectivity index (χ1) is 9.44. The maximum atomic E-state index is 5.83. The molecule has 0 aliphatic heterocycles. The molecule has 0 N–H and O–H groups in total. The maximum Gasteiger partial charge on any atom is 0.329 e. The monoisotopic (exact) mass is 293 g/mol. The lowest BCUT2D eigenvalue weighted by Gasteiger charge is -2.09. The van der Waals surface area contributed by atoms with Gasteiger partial charge in [-0.15, -0.1) is 4.98 Å². The lowest BCUT2D eigenvalue weighted by Crippen LogP contribution is -2.09. The van der Waals surface area contributed by atoms with Crippen LogP contribution in [0.3, 0.4) is 0 Å². The molecular formula is C14H16ClN3O2. The second kappa shape index (κ2) is 6.05. The first kappa shape index (κ1) is 14.5. The van der Waals surface area contributed by atoms with E-state index in [-0.39, 0.29) is 23.4 Å². The van der Waals surface area contributed by atoms with Gasteiger partial charge in [-0.3, -0.25) is 0 Å². The molecule has 0 aliphatic rings. The normalized spacial score (nSPS) is 10.7. The Morgan fingerprint density at radius 2 is 1.70 bits per heavy atom. The Bertz CT molecular complexity index is 617. The van der Waals surface area contributed by atoms with Gasteiger partial charge in [0, 0.05) is 0 Å². The second-order valence-corrected chi connectivity index (χ2v) is 5.02. The third kappa shape index (κ3) is 3.81. The number of hydrogen-bond donors (Lipinski definition) is 0. The minimum absolute atomic E-state index is 0.0366. The van der Waals surface area contributed by atoms with Gasteiger partial charge < -0.3 is 9.47 Å². The smallest absolute Gasteiger partial charge is 0.329 e. The second-order valence-electron chi connectivity index (χ2n) is 4.68. The fraction of sp³-hybridized carbons (Fsp3) is 0.357. The number of rotatable bonds is 4. The van der Waals surface area contributed by atoms with Gasteiger partial charge in [0.2, 0.25) is 5.28 Å². The van der Waals surface area contributed by atoms with Crippen LogP contribution in [0, 0.1) is 13.8 Å². The van der Waals surface area contributed by atoms with Gasteiger partial charge in [-0.25, -0.2) is 0 Å². The van der Waals surface area contributed by atoms with Crippen LogP contribution in [0.4, 0.5) is 0 Å². The zero-order valence-electron chi connectivity index (χ0n) is 11.8. The molecule has 0 aliphatic carbocycles. The summed E-state index contributed by atoms with van der Waals surface area (Å²) in [7, 11) is 0. The van der Waals surface area contributed by atoms with Crippen molar-refractivity contribution in [2.75, 3.05) is 0 Å². The Morgan fingerprint density at radius 1 is 1.00 bits per heavy atom. The molecular weight excluding hydrogens is 278 g/mol. The number of nitrogens with zero attached hydrogens (tertiary/aromatic N) is 3. The van der Waals surface area contributed by atoms with Gasteiger partial charge in [0.1, 0.15) is 5.75 Å². The van der Waals surface area contributed by atoms with Crippen molar-refractivity contribution in [2.24, 2.45) is 0 Å². The maximum absolute atomic E-state index is 5.83. The van der Waals surface area contributed by atoms with Crippen LogP contribution in [0.2, 0.25) is 5.28 Å². The van der Waals surface area contributed by atoms with Crippen molar-refractivity contribution in [3.8, 4) is 17.8 Å². The molecule has 0 bridgehead atoms. The van der Waals surface area contributed by atoms with Crippen molar-refractivity contribution in [3.05, 3.63) is 34.6 Å². The van der Waals surface area contributed by atoms with E-state index in [1.165, 1.54) is 5.56 Å². The van der Waals surface area contributed by atoms with E-state index in [4.69, 9.17) is 21.1 Å².